The average Bonchev–Trinajstić information content (AvgIpc) is 3.57. The molecule has 56 heavy (non-hydrogen) atoms. The van der Waals surface area contributed by atoms with Crippen molar-refractivity contribution in [3.05, 3.63) is 155 Å². The van der Waals surface area contributed by atoms with Crippen LogP contribution in [0.2, 0.25) is 0 Å². The van der Waals surface area contributed by atoms with E-state index in [0.717, 1.165) is 0 Å². The van der Waals surface area contributed by atoms with Gasteiger partial charge < -0.3 is 0 Å². The van der Waals surface area contributed by atoms with Gasteiger partial charge in [0.05, 0.1) is 0 Å². The predicted molar refractivity (Wildman–Crippen MR) is 243 cm³/mol. The lowest BCUT2D eigenvalue weighted by Gasteiger charge is -2.23. The molecule has 0 saturated heterocycles. The summed E-state index contributed by atoms with van der Waals surface area (Å²) in [6.07, 6.45) is 10.0. The van der Waals surface area contributed by atoms with Gasteiger partial charge in [-0.3, -0.25) is 0 Å². The minimum atomic E-state index is -0.0226. The van der Waals surface area contributed by atoms with Crippen LogP contribution in [0.15, 0.2) is 121 Å². The Bertz CT molecular complexity index is 2560. The second-order valence-corrected chi connectivity index (χ2v) is 18.2. The van der Waals surface area contributed by atoms with Gasteiger partial charge in [0.2, 0.25) is 0 Å². The molecule has 278 valence electrons. The van der Waals surface area contributed by atoms with Gasteiger partial charge in [0.15, 0.2) is 0 Å². The van der Waals surface area contributed by atoms with E-state index in [4.69, 9.17) is 0 Å². The fourth-order valence-corrected chi connectivity index (χ4v) is 10.6. The molecule has 2 aliphatic carbocycles. The summed E-state index contributed by atoms with van der Waals surface area (Å²) in [5, 5.41) is 8.01. The monoisotopic (exact) mass is 726 g/mol. The smallest absolute Gasteiger partial charge is 0.0159 e. The molecule has 0 atom stereocenters. The van der Waals surface area contributed by atoms with E-state index in [0.29, 0.717) is 0 Å². The highest BCUT2D eigenvalue weighted by Gasteiger charge is 2.37. The van der Waals surface area contributed by atoms with Crippen LogP contribution < -0.4 is 0 Å². The van der Waals surface area contributed by atoms with Crippen LogP contribution in [-0.4, -0.2) is 0 Å². The number of unbranched alkanes of at least 4 members (excludes halogenated alkanes) is 4. The van der Waals surface area contributed by atoms with Gasteiger partial charge in [0.1, 0.15) is 0 Å². The maximum Gasteiger partial charge on any atom is 0.0159 e. The van der Waals surface area contributed by atoms with Crippen LogP contribution >= 0.6 is 0 Å². The second kappa shape index (κ2) is 13.2. The van der Waals surface area contributed by atoms with E-state index in [9.17, 15) is 0 Å². The number of aryl methyl sites for hydroxylation is 2. The molecule has 0 amide bonds. The quantitative estimate of drug-likeness (QED) is 0.0972. The third-order valence-corrected chi connectivity index (χ3v) is 13.8. The predicted octanol–water partition coefficient (Wildman–Crippen LogP) is 16.0. The summed E-state index contributed by atoms with van der Waals surface area (Å²) in [4.78, 5) is 0. The highest BCUT2D eigenvalue weighted by molar-refractivity contribution is 6.24. The zero-order valence-electron chi connectivity index (χ0n) is 34.2. The molecule has 0 radical (unpaired) electrons. The molecular weight excluding hydrogens is 673 g/mol. The molecule has 0 heterocycles. The van der Waals surface area contributed by atoms with Crippen molar-refractivity contribution in [1.82, 2.24) is 0 Å². The number of rotatable bonds is 10. The molecule has 2 aliphatic rings. The van der Waals surface area contributed by atoms with E-state index in [1.54, 1.807) is 0 Å². The first kappa shape index (κ1) is 35.2. The Morgan fingerprint density at radius 1 is 0.339 bits per heavy atom. The van der Waals surface area contributed by atoms with Gasteiger partial charge in [-0.2, -0.15) is 0 Å². The third kappa shape index (κ3) is 5.47. The Morgan fingerprint density at radius 2 is 0.679 bits per heavy atom. The lowest BCUT2D eigenvalue weighted by molar-refractivity contribution is 0.657. The molecule has 0 aromatic heterocycles. The van der Waals surface area contributed by atoms with E-state index in [1.165, 1.54) is 162 Å². The molecule has 0 aliphatic heterocycles. The van der Waals surface area contributed by atoms with Crippen molar-refractivity contribution in [3.63, 3.8) is 0 Å². The molecule has 0 fully saturated rings. The van der Waals surface area contributed by atoms with Crippen LogP contribution in [0.25, 0.3) is 76.8 Å². The first-order chi connectivity index (χ1) is 27.1. The molecule has 0 heteroatoms. The largest absolute Gasteiger partial charge is 0.0654 e. The summed E-state index contributed by atoms with van der Waals surface area (Å²) in [6.45, 7) is 14.2. The number of hydrogen-bond donors (Lipinski definition) is 0. The first-order valence-corrected chi connectivity index (χ1v) is 21.5. The van der Waals surface area contributed by atoms with Gasteiger partial charge in [0, 0.05) is 10.8 Å². The van der Waals surface area contributed by atoms with Crippen molar-refractivity contribution >= 4 is 32.3 Å². The minimum Gasteiger partial charge on any atom is -0.0654 e. The van der Waals surface area contributed by atoms with Crippen molar-refractivity contribution in [3.8, 4) is 44.5 Å². The van der Waals surface area contributed by atoms with Gasteiger partial charge in [-0.05, 0) is 172 Å². The Hall–Kier alpha value is -5.20. The molecule has 10 rings (SSSR count). The van der Waals surface area contributed by atoms with Gasteiger partial charge in [-0.15, -0.1) is 0 Å². The highest BCUT2D eigenvalue weighted by Crippen LogP contribution is 2.52. The van der Waals surface area contributed by atoms with Crippen molar-refractivity contribution in [2.45, 2.75) is 104 Å². The summed E-state index contributed by atoms with van der Waals surface area (Å²) in [7, 11) is 0. The number of fused-ring (bicyclic) bond motifs is 6. The maximum atomic E-state index is 2.50. The molecule has 0 N–H and O–H groups in total. The average molecular weight is 727 g/mol. The van der Waals surface area contributed by atoms with Gasteiger partial charge in [-0.1, -0.05) is 152 Å². The molecule has 0 nitrogen and oxygen atoms in total. The van der Waals surface area contributed by atoms with Crippen LogP contribution in [-0.2, 0) is 23.7 Å². The third-order valence-electron chi connectivity index (χ3n) is 13.8. The molecule has 8 aromatic carbocycles. The highest BCUT2D eigenvalue weighted by atomic mass is 14.4. The van der Waals surface area contributed by atoms with Crippen molar-refractivity contribution in [2.24, 2.45) is 0 Å². The van der Waals surface area contributed by atoms with Gasteiger partial charge in [-0.25, -0.2) is 0 Å². The minimum absolute atomic E-state index is 0.0226. The second-order valence-electron chi connectivity index (χ2n) is 18.2. The molecular formula is C56H54. The Labute approximate surface area is 334 Å². The van der Waals surface area contributed by atoms with Crippen LogP contribution in [0.5, 0.6) is 0 Å². The van der Waals surface area contributed by atoms with Crippen LogP contribution in [0.4, 0.5) is 0 Å². The molecule has 0 saturated carbocycles. The molecule has 0 bridgehead atoms. The van der Waals surface area contributed by atoms with Crippen molar-refractivity contribution in [1.29, 1.82) is 0 Å². The number of hydrogen-bond acceptors (Lipinski definition) is 0. The topological polar surface area (TPSA) is 0 Å². The fourth-order valence-electron chi connectivity index (χ4n) is 10.6. The Kier molecular flexibility index (Phi) is 8.30. The van der Waals surface area contributed by atoms with Crippen molar-refractivity contribution in [2.75, 3.05) is 0 Å². The summed E-state index contributed by atoms with van der Waals surface area (Å²) >= 11 is 0. The fraction of sp³-hybridized carbons (Fsp3) is 0.286. The van der Waals surface area contributed by atoms with E-state index >= 15 is 0 Å². The van der Waals surface area contributed by atoms with Crippen molar-refractivity contribution < 1.29 is 0 Å². The summed E-state index contributed by atoms with van der Waals surface area (Å²) < 4.78 is 0. The first-order valence-electron chi connectivity index (χ1n) is 21.5. The van der Waals surface area contributed by atoms with Crippen LogP contribution in [0.1, 0.15) is 113 Å². The van der Waals surface area contributed by atoms with Gasteiger partial charge >= 0.3 is 0 Å². The SMILES string of the molecule is CCCCCc1ccc2c(c1)C(C)(C)c1cc(-c3cc4ccc5cc(-c6ccc7c(c6)C(C)(C)c6cc(CCCCC)ccc6-7)cc6ccc(c3)c4c56)ccc1-2. The van der Waals surface area contributed by atoms with Crippen LogP contribution in [0.3, 0.4) is 0 Å². The molecule has 8 aromatic rings. The zero-order chi connectivity index (χ0) is 38.3. The van der Waals surface area contributed by atoms with E-state index in [-0.39, 0.29) is 10.8 Å². The van der Waals surface area contributed by atoms with Crippen LogP contribution in [0, 0.1) is 0 Å². The summed E-state index contributed by atoms with van der Waals surface area (Å²) in [5.41, 5.74) is 19.6. The zero-order valence-corrected chi connectivity index (χ0v) is 34.2. The lowest BCUT2D eigenvalue weighted by atomic mass is 9.80. The normalized spacial score (nSPS) is 14.8. The van der Waals surface area contributed by atoms with E-state index in [1.807, 2.05) is 0 Å². The van der Waals surface area contributed by atoms with E-state index < -0.39 is 0 Å². The molecule has 0 spiro atoms. The molecule has 0 unspecified atom stereocenters. The summed E-state index contributed by atoms with van der Waals surface area (Å²) in [5.74, 6) is 0. The summed E-state index contributed by atoms with van der Waals surface area (Å²) in [6, 6.07) is 48.0. The Morgan fingerprint density at radius 3 is 1.04 bits per heavy atom. The Balaban J connectivity index is 0.987. The standard InChI is InChI=1S/C56H54/c1-7-9-11-13-35-15-23-45-47-25-21-37(33-51(47)55(3,4)49(45)27-35)43-29-39-17-19-41-31-44(32-42-20-18-40(30-43)53(39)54(41)42)38-22-26-48-46-24-16-36(14-12-10-8-2)28-50(46)56(5,6)52(48)34-38/h15-34H,7-14H2,1-6H3. The lowest BCUT2D eigenvalue weighted by Crippen LogP contribution is -2.15. The van der Waals surface area contributed by atoms with Gasteiger partial charge in [0.25, 0.3) is 0 Å². The maximum absolute atomic E-state index is 2.50. The number of benzene rings is 8. The van der Waals surface area contributed by atoms with E-state index in [2.05, 4.69) is 163 Å².